The van der Waals surface area contributed by atoms with E-state index in [1.54, 1.807) is 43.6 Å². The molecule has 0 aliphatic carbocycles. The van der Waals surface area contributed by atoms with E-state index in [0.29, 0.717) is 16.8 Å². The van der Waals surface area contributed by atoms with Crippen molar-refractivity contribution in [1.29, 1.82) is 0 Å². The number of pyridine rings is 1. The summed E-state index contributed by atoms with van der Waals surface area (Å²) in [6, 6.07) is 13.9. The van der Waals surface area contributed by atoms with Crippen LogP contribution in [0, 0.1) is 19.7 Å². The number of aryl methyl sites for hydroxylation is 2. The van der Waals surface area contributed by atoms with Gasteiger partial charge in [0, 0.05) is 23.6 Å². The number of amides is 1. The molecular formula is C24H19FN2O3. The molecule has 0 radical (unpaired) electrons. The minimum Gasteiger partial charge on any atom is -0.507 e. The topological polar surface area (TPSA) is 70.5 Å². The fourth-order valence-corrected chi connectivity index (χ4v) is 3.72. The molecule has 6 heteroatoms. The Morgan fingerprint density at radius 1 is 1.03 bits per heavy atom. The number of hydrogen-bond acceptors (Lipinski definition) is 4. The Bertz CT molecular complexity index is 1190. The Morgan fingerprint density at radius 2 is 1.80 bits per heavy atom. The van der Waals surface area contributed by atoms with Crippen molar-refractivity contribution in [3.8, 4) is 0 Å². The summed E-state index contributed by atoms with van der Waals surface area (Å²) >= 11 is 0. The second kappa shape index (κ2) is 7.55. The third kappa shape index (κ3) is 3.16. The quantitative estimate of drug-likeness (QED) is 0.399. The lowest BCUT2D eigenvalue weighted by Gasteiger charge is -2.26. The molecule has 2 aromatic carbocycles. The molecule has 1 amide bonds. The van der Waals surface area contributed by atoms with Crippen molar-refractivity contribution in [1.82, 2.24) is 4.98 Å². The molecule has 4 rings (SSSR count). The lowest BCUT2D eigenvalue weighted by atomic mass is 9.95. The van der Waals surface area contributed by atoms with Gasteiger partial charge in [-0.2, -0.15) is 0 Å². The number of para-hydroxylation sites is 1. The molecule has 30 heavy (non-hydrogen) atoms. The molecule has 0 saturated carbocycles. The van der Waals surface area contributed by atoms with Crippen molar-refractivity contribution in [3.05, 3.63) is 101 Å². The second-order valence-corrected chi connectivity index (χ2v) is 7.21. The largest absolute Gasteiger partial charge is 0.507 e. The fourth-order valence-electron chi connectivity index (χ4n) is 3.72. The predicted molar refractivity (Wildman–Crippen MR) is 111 cm³/mol. The van der Waals surface area contributed by atoms with Crippen LogP contribution in [0.15, 0.2) is 72.6 Å². The van der Waals surface area contributed by atoms with Crippen LogP contribution >= 0.6 is 0 Å². The Balaban J connectivity index is 1.97. The van der Waals surface area contributed by atoms with E-state index < -0.39 is 23.5 Å². The van der Waals surface area contributed by atoms with Gasteiger partial charge in [0.15, 0.2) is 0 Å². The molecule has 1 unspecified atom stereocenters. The van der Waals surface area contributed by atoms with Gasteiger partial charge in [-0.3, -0.25) is 19.5 Å². The highest BCUT2D eigenvalue weighted by molar-refractivity contribution is 6.51. The number of aromatic nitrogens is 1. The number of halogens is 1. The number of rotatable bonds is 3. The molecule has 5 nitrogen and oxygen atoms in total. The average molecular weight is 402 g/mol. The van der Waals surface area contributed by atoms with Crippen molar-refractivity contribution >= 4 is 23.1 Å². The molecule has 0 bridgehead atoms. The molecule has 1 aliphatic rings. The van der Waals surface area contributed by atoms with Gasteiger partial charge in [-0.1, -0.05) is 24.3 Å². The van der Waals surface area contributed by atoms with Gasteiger partial charge in [-0.05, 0) is 60.9 Å². The van der Waals surface area contributed by atoms with Crippen LogP contribution in [0.5, 0.6) is 0 Å². The molecule has 1 atom stereocenters. The molecule has 1 aliphatic heterocycles. The van der Waals surface area contributed by atoms with E-state index in [-0.39, 0.29) is 16.9 Å². The Morgan fingerprint density at radius 3 is 2.47 bits per heavy atom. The molecule has 3 aromatic rings. The van der Waals surface area contributed by atoms with E-state index in [9.17, 15) is 19.1 Å². The Hall–Kier alpha value is -3.80. The van der Waals surface area contributed by atoms with Gasteiger partial charge in [-0.15, -0.1) is 0 Å². The summed E-state index contributed by atoms with van der Waals surface area (Å²) in [5, 5.41) is 11.0. The zero-order valence-corrected chi connectivity index (χ0v) is 16.5. The van der Waals surface area contributed by atoms with E-state index in [4.69, 9.17) is 0 Å². The second-order valence-electron chi connectivity index (χ2n) is 7.21. The summed E-state index contributed by atoms with van der Waals surface area (Å²) < 4.78 is 13.7. The first-order chi connectivity index (χ1) is 14.4. The van der Waals surface area contributed by atoms with E-state index in [1.807, 2.05) is 19.1 Å². The maximum Gasteiger partial charge on any atom is 0.300 e. The number of hydrogen-bond donors (Lipinski definition) is 1. The van der Waals surface area contributed by atoms with Crippen LogP contribution in [-0.2, 0) is 9.59 Å². The van der Waals surface area contributed by atoms with Crippen molar-refractivity contribution in [3.63, 3.8) is 0 Å². The van der Waals surface area contributed by atoms with Crippen LogP contribution in [0.3, 0.4) is 0 Å². The van der Waals surface area contributed by atoms with E-state index in [0.717, 1.165) is 5.56 Å². The summed E-state index contributed by atoms with van der Waals surface area (Å²) in [4.78, 5) is 31.6. The van der Waals surface area contributed by atoms with Crippen LogP contribution < -0.4 is 4.90 Å². The van der Waals surface area contributed by atoms with Crippen molar-refractivity contribution < 1.29 is 19.1 Å². The summed E-state index contributed by atoms with van der Waals surface area (Å²) in [5.41, 5.74) is 2.51. The number of nitrogens with zero attached hydrogens (tertiary/aromatic N) is 2. The van der Waals surface area contributed by atoms with Gasteiger partial charge in [0.1, 0.15) is 11.6 Å². The maximum absolute atomic E-state index is 13.7. The number of carbonyl (C=O) groups excluding carboxylic acids is 2. The molecule has 1 N–H and O–H groups in total. The zero-order chi connectivity index (χ0) is 21.4. The highest BCUT2D eigenvalue weighted by Gasteiger charge is 2.47. The van der Waals surface area contributed by atoms with E-state index in [1.165, 1.54) is 23.1 Å². The first-order valence-corrected chi connectivity index (χ1v) is 9.43. The molecular weight excluding hydrogens is 383 g/mol. The van der Waals surface area contributed by atoms with Gasteiger partial charge in [0.05, 0.1) is 11.6 Å². The zero-order valence-electron chi connectivity index (χ0n) is 16.5. The summed E-state index contributed by atoms with van der Waals surface area (Å²) in [7, 11) is 0. The minimum atomic E-state index is -0.856. The maximum atomic E-state index is 13.7. The van der Waals surface area contributed by atoms with Crippen LogP contribution in [0.1, 0.15) is 28.3 Å². The number of ketones is 1. The average Bonchev–Trinajstić information content (AvgIpc) is 3.01. The number of Topliss-reactive ketones (excluding diaryl/α,β-unsaturated/α-hetero) is 1. The van der Waals surface area contributed by atoms with E-state index in [2.05, 4.69) is 4.98 Å². The predicted octanol–water partition coefficient (Wildman–Crippen LogP) is 4.46. The van der Waals surface area contributed by atoms with Crippen molar-refractivity contribution in [2.75, 3.05) is 4.90 Å². The van der Waals surface area contributed by atoms with Crippen molar-refractivity contribution in [2.24, 2.45) is 0 Å². The molecule has 1 saturated heterocycles. The first kappa shape index (κ1) is 19.5. The standard InChI is InChI=1S/C24H19FN2O3/c1-14-6-3-4-8-19(14)27-21(17-7-5-11-26-13-17)20(23(29)24(27)30)22(28)16-9-10-18(25)15(2)12-16/h3-13,21,28H,1-2H3/b22-20-. The van der Waals surface area contributed by atoms with Crippen LogP contribution in [-0.4, -0.2) is 21.8 Å². The summed E-state index contributed by atoms with van der Waals surface area (Å²) in [6.07, 6.45) is 3.15. The van der Waals surface area contributed by atoms with Gasteiger partial charge in [0.2, 0.25) is 0 Å². The highest BCUT2D eigenvalue weighted by atomic mass is 19.1. The SMILES string of the molecule is Cc1cc(/C(O)=C2/C(=O)C(=O)N(c3ccccc3C)C2c2cccnc2)ccc1F. The number of carbonyl (C=O) groups is 2. The van der Waals surface area contributed by atoms with Gasteiger partial charge >= 0.3 is 0 Å². The normalized spacial score (nSPS) is 18.1. The monoisotopic (exact) mass is 402 g/mol. The number of benzene rings is 2. The molecule has 2 heterocycles. The van der Waals surface area contributed by atoms with Gasteiger partial charge < -0.3 is 5.11 Å². The lowest BCUT2D eigenvalue weighted by molar-refractivity contribution is -0.132. The smallest absolute Gasteiger partial charge is 0.300 e. The lowest BCUT2D eigenvalue weighted by Crippen LogP contribution is -2.30. The van der Waals surface area contributed by atoms with Gasteiger partial charge in [0.25, 0.3) is 11.7 Å². The third-order valence-corrected chi connectivity index (χ3v) is 5.25. The third-order valence-electron chi connectivity index (χ3n) is 5.25. The van der Waals surface area contributed by atoms with Crippen LogP contribution in [0.25, 0.3) is 5.76 Å². The molecule has 1 aromatic heterocycles. The minimum absolute atomic E-state index is 0.0535. The van der Waals surface area contributed by atoms with Gasteiger partial charge in [-0.25, -0.2) is 4.39 Å². The molecule has 0 spiro atoms. The molecule has 150 valence electrons. The number of aliphatic hydroxyl groups excluding tert-OH is 1. The summed E-state index contributed by atoms with van der Waals surface area (Å²) in [5.74, 6) is -2.30. The van der Waals surface area contributed by atoms with Crippen LogP contribution in [0.4, 0.5) is 10.1 Å². The van der Waals surface area contributed by atoms with Crippen molar-refractivity contribution in [2.45, 2.75) is 19.9 Å². The fraction of sp³-hybridized carbons (Fsp3) is 0.125. The van der Waals surface area contributed by atoms with Crippen LogP contribution in [0.2, 0.25) is 0 Å². The Labute approximate surface area is 173 Å². The van der Waals surface area contributed by atoms with E-state index >= 15 is 0 Å². The number of aliphatic hydroxyl groups is 1. The highest BCUT2D eigenvalue weighted by Crippen LogP contribution is 2.42. The molecule has 1 fully saturated rings. The first-order valence-electron chi connectivity index (χ1n) is 9.43. The Kier molecular flexibility index (Phi) is 4.91. The summed E-state index contributed by atoms with van der Waals surface area (Å²) in [6.45, 7) is 3.41. The number of anilines is 1.